The zero-order valence-electron chi connectivity index (χ0n) is 11.5. The van der Waals surface area contributed by atoms with Crippen molar-refractivity contribution in [3.05, 3.63) is 65.2 Å². The van der Waals surface area contributed by atoms with Gasteiger partial charge >= 0.3 is 0 Å². The van der Waals surface area contributed by atoms with Crippen LogP contribution in [0.1, 0.15) is 21.5 Å². The summed E-state index contributed by atoms with van der Waals surface area (Å²) in [5.74, 6) is -0.776. The Balaban J connectivity index is 2.06. The summed E-state index contributed by atoms with van der Waals surface area (Å²) in [5.41, 5.74) is 13.4. The van der Waals surface area contributed by atoms with Crippen LogP contribution in [0.4, 0.5) is 5.69 Å². The van der Waals surface area contributed by atoms with Crippen LogP contribution in [0.25, 0.3) is 0 Å². The van der Waals surface area contributed by atoms with Crippen LogP contribution in [-0.4, -0.2) is 11.8 Å². The minimum absolute atomic E-state index is 0.204. The van der Waals surface area contributed by atoms with Crippen LogP contribution < -0.4 is 16.8 Å². The molecule has 21 heavy (non-hydrogen) atoms. The summed E-state index contributed by atoms with van der Waals surface area (Å²) in [6.45, 7) is 0.471. The molecule has 0 aromatic heterocycles. The van der Waals surface area contributed by atoms with Crippen molar-refractivity contribution in [3.8, 4) is 0 Å². The third-order valence-electron chi connectivity index (χ3n) is 3.09. The first-order chi connectivity index (χ1) is 10.1. The molecule has 0 spiro atoms. The van der Waals surface area contributed by atoms with E-state index in [1.165, 1.54) is 0 Å². The number of nitrogens with two attached hydrogens (primary N) is 2. The lowest BCUT2D eigenvalue weighted by molar-refractivity contribution is -0.115. The van der Waals surface area contributed by atoms with Crippen LogP contribution in [0.2, 0.25) is 0 Å². The van der Waals surface area contributed by atoms with Gasteiger partial charge in [-0.15, -0.1) is 0 Å². The van der Waals surface area contributed by atoms with Crippen molar-refractivity contribution >= 4 is 17.5 Å². The number of benzene rings is 2. The highest BCUT2D eigenvalue weighted by Crippen LogP contribution is 2.15. The third-order valence-corrected chi connectivity index (χ3v) is 3.09. The van der Waals surface area contributed by atoms with Gasteiger partial charge in [0, 0.05) is 6.54 Å². The van der Waals surface area contributed by atoms with Gasteiger partial charge in [-0.3, -0.25) is 9.59 Å². The van der Waals surface area contributed by atoms with Crippen molar-refractivity contribution in [2.75, 3.05) is 5.32 Å². The Labute approximate surface area is 123 Å². The van der Waals surface area contributed by atoms with E-state index in [9.17, 15) is 9.59 Å². The lowest BCUT2D eigenvalue weighted by atomic mass is 10.1. The Morgan fingerprint density at radius 3 is 2.19 bits per heavy atom. The molecule has 2 amide bonds. The molecule has 0 saturated carbocycles. The molecule has 0 bridgehead atoms. The summed E-state index contributed by atoms with van der Waals surface area (Å²) < 4.78 is 0. The molecule has 0 radical (unpaired) electrons. The molecule has 0 atom stereocenters. The van der Waals surface area contributed by atoms with Crippen LogP contribution >= 0.6 is 0 Å². The average Bonchev–Trinajstić information content (AvgIpc) is 2.48. The fourth-order valence-corrected chi connectivity index (χ4v) is 1.98. The van der Waals surface area contributed by atoms with Crippen LogP contribution in [0.3, 0.4) is 0 Å². The van der Waals surface area contributed by atoms with E-state index in [1.807, 2.05) is 24.3 Å². The van der Waals surface area contributed by atoms with Crippen LogP contribution in [0.5, 0.6) is 0 Å². The van der Waals surface area contributed by atoms with Gasteiger partial charge in [-0.25, -0.2) is 0 Å². The highest BCUT2D eigenvalue weighted by Gasteiger charge is 2.10. The van der Waals surface area contributed by atoms with Crippen LogP contribution in [0, 0.1) is 0 Å². The third kappa shape index (κ3) is 3.90. The largest absolute Gasteiger partial charge is 0.366 e. The van der Waals surface area contributed by atoms with Crippen molar-refractivity contribution in [3.63, 3.8) is 0 Å². The Bertz CT molecular complexity index is 651. The van der Waals surface area contributed by atoms with E-state index < -0.39 is 5.91 Å². The van der Waals surface area contributed by atoms with E-state index in [4.69, 9.17) is 11.5 Å². The van der Waals surface area contributed by atoms with Crippen molar-refractivity contribution in [1.29, 1.82) is 0 Å². The van der Waals surface area contributed by atoms with Gasteiger partial charge in [0.15, 0.2) is 0 Å². The molecule has 0 saturated heterocycles. The zero-order chi connectivity index (χ0) is 15.2. The molecule has 0 heterocycles. The van der Waals surface area contributed by atoms with Gasteiger partial charge < -0.3 is 16.8 Å². The fraction of sp³-hybridized carbons (Fsp3) is 0.125. The first kappa shape index (κ1) is 14.7. The number of para-hydroxylation sites is 1. The predicted octanol–water partition coefficient (Wildman–Crippen LogP) is 1.43. The smallest absolute Gasteiger partial charge is 0.250 e. The normalized spacial score (nSPS) is 10.1. The van der Waals surface area contributed by atoms with E-state index >= 15 is 0 Å². The number of primary amides is 1. The van der Waals surface area contributed by atoms with Crippen molar-refractivity contribution in [2.45, 2.75) is 13.0 Å². The Hall–Kier alpha value is -2.66. The molecular formula is C16H17N3O2. The lowest BCUT2D eigenvalue weighted by Crippen LogP contribution is -2.19. The Kier molecular flexibility index (Phi) is 4.68. The summed E-state index contributed by atoms with van der Waals surface area (Å²) in [6.07, 6.45) is 0.220. The van der Waals surface area contributed by atoms with E-state index in [0.29, 0.717) is 17.8 Å². The fourth-order valence-electron chi connectivity index (χ4n) is 1.98. The standard InChI is InChI=1S/C16H17N3O2/c17-10-12-7-5-11(6-8-12)9-15(20)19-14-4-2-1-3-13(14)16(18)21/h1-8H,9-10,17H2,(H2,18,21)(H,19,20). The number of hydrogen-bond acceptors (Lipinski definition) is 3. The van der Waals surface area contributed by atoms with Crippen LogP contribution in [-0.2, 0) is 17.8 Å². The number of carbonyl (C=O) groups is 2. The van der Waals surface area contributed by atoms with Crippen LogP contribution in [0.15, 0.2) is 48.5 Å². The number of anilines is 1. The number of amides is 2. The predicted molar refractivity (Wildman–Crippen MR) is 81.6 cm³/mol. The maximum absolute atomic E-state index is 12.0. The highest BCUT2D eigenvalue weighted by atomic mass is 16.2. The van der Waals surface area contributed by atoms with Gasteiger partial charge in [-0.1, -0.05) is 36.4 Å². The molecule has 0 aliphatic heterocycles. The van der Waals surface area contributed by atoms with Gasteiger partial charge in [0.25, 0.3) is 5.91 Å². The molecular weight excluding hydrogens is 266 g/mol. The minimum Gasteiger partial charge on any atom is -0.366 e. The highest BCUT2D eigenvalue weighted by molar-refractivity contribution is 6.03. The average molecular weight is 283 g/mol. The summed E-state index contributed by atoms with van der Waals surface area (Å²) in [5, 5.41) is 2.70. The molecule has 0 aliphatic rings. The minimum atomic E-state index is -0.571. The SMILES string of the molecule is NCc1ccc(CC(=O)Nc2ccccc2C(N)=O)cc1. The Morgan fingerprint density at radius 1 is 0.952 bits per heavy atom. The molecule has 2 aromatic carbocycles. The van der Waals surface area contributed by atoms with Gasteiger partial charge in [0.2, 0.25) is 5.91 Å². The van der Waals surface area contributed by atoms with Gasteiger partial charge in [-0.2, -0.15) is 0 Å². The molecule has 5 heteroatoms. The van der Waals surface area contributed by atoms with E-state index in [-0.39, 0.29) is 12.3 Å². The number of hydrogen-bond donors (Lipinski definition) is 3. The molecule has 0 aliphatic carbocycles. The second-order valence-corrected chi connectivity index (χ2v) is 4.66. The Morgan fingerprint density at radius 2 is 1.57 bits per heavy atom. The molecule has 5 N–H and O–H groups in total. The van der Waals surface area contributed by atoms with E-state index in [1.54, 1.807) is 24.3 Å². The van der Waals surface area contributed by atoms with Crippen molar-refractivity contribution in [1.82, 2.24) is 0 Å². The maximum atomic E-state index is 12.0. The van der Waals surface area contributed by atoms with E-state index in [2.05, 4.69) is 5.32 Å². The number of carbonyl (C=O) groups excluding carboxylic acids is 2. The van der Waals surface area contributed by atoms with Gasteiger partial charge in [0.1, 0.15) is 0 Å². The zero-order valence-corrected chi connectivity index (χ0v) is 11.5. The molecule has 2 aromatic rings. The molecule has 108 valence electrons. The second kappa shape index (κ2) is 6.67. The maximum Gasteiger partial charge on any atom is 0.250 e. The van der Waals surface area contributed by atoms with E-state index in [0.717, 1.165) is 11.1 Å². The number of rotatable bonds is 5. The van der Waals surface area contributed by atoms with Gasteiger partial charge in [0.05, 0.1) is 17.7 Å². The van der Waals surface area contributed by atoms with Crippen molar-refractivity contribution < 1.29 is 9.59 Å². The molecule has 2 rings (SSSR count). The lowest BCUT2D eigenvalue weighted by Gasteiger charge is -2.09. The first-order valence-corrected chi connectivity index (χ1v) is 6.56. The summed E-state index contributed by atoms with van der Waals surface area (Å²) in [7, 11) is 0. The van der Waals surface area contributed by atoms with Crippen molar-refractivity contribution in [2.24, 2.45) is 11.5 Å². The topological polar surface area (TPSA) is 98.2 Å². The molecule has 0 unspecified atom stereocenters. The summed E-state index contributed by atoms with van der Waals surface area (Å²) >= 11 is 0. The van der Waals surface area contributed by atoms with Gasteiger partial charge in [-0.05, 0) is 23.3 Å². The summed E-state index contributed by atoms with van der Waals surface area (Å²) in [6, 6.07) is 14.2. The summed E-state index contributed by atoms with van der Waals surface area (Å²) in [4.78, 5) is 23.3. The second-order valence-electron chi connectivity index (χ2n) is 4.66. The molecule has 5 nitrogen and oxygen atoms in total. The monoisotopic (exact) mass is 283 g/mol. The number of nitrogens with one attached hydrogen (secondary N) is 1. The first-order valence-electron chi connectivity index (χ1n) is 6.56. The quantitative estimate of drug-likeness (QED) is 0.774. The molecule has 0 fully saturated rings.